The molecule has 1 aromatic heterocycles. The second-order valence-electron chi connectivity index (χ2n) is 1.92. The van der Waals surface area contributed by atoms with Gasteiger partial charge in [-0.2, -0.15) is 8.42 Å². The molecule has 13 heavy (non-hydrogen) atoms. The molecule has 1 heterocycles. The predicted octanol–water partition coefficient (Wildman–Crippen LogP) is -1.14. The summed E-state index contributed by atoms with van der Waals surface area (Å²) in [7, 11) is -4.21. The summed E-state index contributed by atoms with van der Waals surface area (Å²) in [4.78, 5) is 3.27. The SMILES string of the molecule is O=S(=O)(O)c1cnc(Br)c(Cl)c1.[H-].[Na+]. The second-order valence-corrected chi connectivity index (χ2v) is 4.50. The van der Waals surface area contributed by atoms with Crippen LogP contribution in [0, 0.1) is 0 Å². The van der Waals surface area contributed by atoms with Crippen LogP contribution in [0.4, 0.5) is 0 Å². The van der Waals surface area contributed by atoms with Crippen molar-refractivity contribution >= 4 is 37.6 Å². The van der Waals surface area contributed by atoms with Gasteiger partial charge in [-0.1, -0.05) is 11.6 Å². The molecule has 0 aromatic carbocycles. The van der Waals surface area contributed by atoms with Gasteiger partial charge in [0, 0.05) is 6.20 Å². The number of hydrogen-bond donors (Lipinski definition) is 1. The van der Waals surface area contributed by atoms with Crippen LogP contribution in [0.1, 0.15) is 1.43 Å². The van der Waals surface area contributed by atoms with Crippen LogP contribution < -0.4 is 29.6 Å². The Morgan fingerprint density at radius 3 is 2.54 bits per heavy atom. The molecule has 1 N–H and O–H groups in total. The Morgan fingerprint density at radius 1 is 1.62 bits per heavy atom. The van der Waals surface area contributed by atoms with Gasteiger partial charge in [-0.05, 0) is 22.0 Å². The third kappa shape index (κ3) is 3.83. The molecule has 0 aliphatic rings. The van der Waals surface area contributed by atoms with Gasteiger partial charge < -0.3 is 1.43 Å². The molecule has 0 aliphatic heterocycles. The number of nitrogens with zero attached hydrogens (tertiary/aromatic N) is 1. The molecule has 1 aromatic rings. The van der Waals surface area contributed by atoms with Crippen LogP contribution >= 0.6 is 27.5 Å². The van der Waals surface area contributed by atoms with Crippen LogP contribution in [0.5, 0.6) is 0 Å². The first-order valence-corrected chi connectivity index (χ1v) is 5.31. The zero-order valence-corrected chi connectivity index (χ0v) is 11.7. The van der Waals surface area contributed by atoms with Crippen molar-refractivity contribution in [1.29, 1.82) is 0 Å². The Hall–Kier alpha value is 0.830. The Morgan fingerprint density at radius 2 is 2.15 bits per heavy atom. The average molecular weight is 297 g/mol. The molecule has 8 heteroatoms. The quantitative estimate of drug-likeness (QED) is 0.404. The number of hydrogen-bond acceptors (Lipinski definition) is 3. The first-order chi connectivity index (χ1) is 5.41. The predicted molar refractivity (Wildman–Crippen MR) is 47.9 cm³/mol. The summed E-state index contributed by atoms with van der Waals surface area (Å²) in [5.74, 6) is 0. The van der Waals surface area contributed by atoms with Crippen LogP contribution in [0.2, 0.25) is 5.02 Å². The Balaban J connectivity index is 0. The minimum absolute atomic E-state index is 0. The molecule has 0 spiro atoms. The maximum Gasteiger partial charge on any atom is 1.00 e. The molecular weight excluding hydrogens is 292 g/mol. The van der Waals surface area contributed by atoms with E-state index >= 15 is 0 Å². The summed E-state index contributed by atoms with van der Waals surface area (Å²) in [6, 6.07) is 1.11. The average Bonchev–Trinajstić information content (AvgIpc) is 1.92. The zero-order valence-electron chi connectivity index (χ0n) is 7.53. The van der Waals surface area contributed by atoms with E-state index < -0.39 is 10.1 Å². The largest absolute Gasteiger partial charge is 1.00 e. The van der Waals surface area contributed by atoms with Crippen LogP contribution in [0.15, 0.2) is 21.8 Å². The van der Waals surface area contributed by atoms with Gasteiger partial charge in [0.1, 0.15) is 9.50 Å². The van der Waals surface area contributed by atoms with E-state index in [0.29, 0.717) is 4.60 Å². The van der Waals surface area contributed by atoms with Gasteiger partial charge in [0.2, 0.25) is 0 Å². The molecule has 0 radical (unpaired) electrons. The summed E-state index contributed by atoms with van der Waals surface area (Å²) in [5, 5.41) is 0.130. The molecule has 0 bridgehead atoms. The van der Waals surface area contributed by atoms with Crippen LogP contribution in [0.3, 0.4) is 0 Å². The van der Waals surface area contributed by atoms with Crippen molar-refractivity contribution in [1.82, 2.24) is 4.98 Å². The smallest absolute Gasteiger partial charge is 1.00 e. The zero-order chi connectivity index (χ0) is 9.35. The normalized spacial score (nSPS) is 10.7. The van der Waals surface area contributed by atoms with E-state index in [1.54, 1.807) is 0 Å². The second kappa shape index (κ2) is 5.06. The molecule has 0 atom stereocenters. The number of halogens is 2. The van der Waals surface area contributed by atoms with E-state index in [1.807, 2.05) is 0 Å². The van der Waals surface area contributed by atoms with Crippen molar-refractivity contribution in [2.45, 2.75) is 4.90 Å². The van der Waals surface area contributed by atoms with Crippen molar-refractivity contribution in [2.75, 3.05) is 0 Å². The van der Waals surface area contributed by atoms with Crippen molar-refractivity contribution in [3.63, 3.8) is 0 Å². The molecule has 68 valence electrons. The molecule has 0 aliphatic carbocycles. The van der Waals surface area contributed by atoms with Gasteiger partial charge in [-0.15, -0.1) is 0 Å². The van der Waals surface area contributed by atoms with Crippen LogP contribution in [-0.2, 0) is 10.1 Å². The Kier molecular flexibility index (Phi) is 5.39. The van der Waals surface area contributed by atoms with Gasteiger partial charge in [0.05, 0.1) is 5.02 Å². The summed E-state index contributed by atoms with van der Waals surface area (Å²) >= 11 is 8.51. The Labute approximate surface area is 112 Å². The summed E-state index contributed by atoms with van der Waals surface area (Å²) in [6.07, 6.45) is 1.01. The van der Waals surface area contributed by atoms with Crippen molar-refractivity contribution in [3.8, 4) is 0 Å². The number of pyridine rings is 1. The van der Waals surface area contributed by atoms with Gasteiger partial charge in [0.25, 0.3) is 10.1 Å². The first kappa shape index (κ1) is 13.8. The number of aromatic nitrogens is 1. The third-order valence-corrected chi connectivity index (χ3v) is 3.04. The van der Waals surface area contributed by atoms with E-state index in [4.69, 9.17) is 16.2 Å². The summed E-state index contributed by atoms with van der Waals surface area (Å²) < 4.78 is 30.0. The maximum absolute atomic E-state index is 10.5. The van der Waals surface area contributed by atoms with E-state index in [1.165, 1.54) is 0 Å². The van der Waals surface area contributed by atoms with E-state index in [0.717, 1.165) is 12.3 Å². The van der Waals surface area contributed by atoms with E-state index in [-0.39, 0.29) is 40.9 Å². The maximum atomic E-state index is 10.5. The summed E-state index contributed by atoms with van der Waals surface area (Å²) in [5.41, 5.74) is 0. The van der Waals surface area contributed by atoms with Gasteiger partial charge in [0.15, 0.2) is 0 Å². The fourth-order valence-corrected chi connectivity index (χ4v) is 1.45. The molecule has 0 unspecified atom stereocenters. The minimum Gasteiger partial charge on any atom is -1.00 e. The topological polar surface area (TPSA) is 67.3 Å². The van der Waals surface area contributed by atoms with Crippen molar-refractivity contribution < 1.29 is 44.0 Å². The van der Waals surface area contributed by atoms with Gasteiger partial charge in [-0.25, -0.2) is 4.98 Å². The number of rotatable bonds is 1. The molecule has 1 rings (SSSR count). The molecule has 0 saturated carbocycles. The monoisotopic (exact) mass is 295 g/mol. The van der Waals surface area contributed by atoms with Gasteiger partial charge >= 0.3 is 29.6 Å². The molecular formula is C5H4BrClNNaO3S. The fourth-order valence-electron chi connectivity index (χ4n) is 0.545. The standard InChI is InChI=1S/C5H3BrClNO3S.Na.H/c6-5-4(7)1-3(2-8-5)12(9,10)11;;/h1-2H,(H,9,10,11);;/q;+1;-1. The molecule has 0 fully saturated rings. The van der Waals surface area contributed by atoms with Crippen LogP contribution in [0.25, 0.3) is 0 Å². The first-order valence-electron chi connectivity index (χ1n) is 2.70. The van der Waals surface area contributed by atoms with Crippen molar-refractivity contribution in [2.24, 2.45) is 0 Å². The van der Waals surface area contributed by atoms with Crippen molar-refractivity contribution in [3.05, 3.63) is 21.9 Å². The molecule has 4 nitrogen and oxygen atoms in total. The van der Waals surface area contributed by atoms with E-state index in [9.17, 15) is 8.42 Å². The van der Waals surface area contributed by atoms with E-state index in [2.05, 4.69) is 20.9 Å². The molecule has 0 saturated heterocycles. The van der Waals surface area contributed by atoms with Crippen LogP contribution in [-0.4, -0.2) is 18.0 Å². The Bertz CT molecular complexity index is 415. The van der Waals surface area contributed by atoms with Gasteiger partial charge in [-0.3, -0.25) is 4.55 Å². The molecule has 0 amide bonds. The summed E-state index contributed by atoms with van der Waals surface area (Å²) in [6.45, 7) is 0. The third-order valence-electron chi connectivity index (χ3n) is 1.07. The minimum atomic E-state index is -4.21. The fraction of sp³-hybridized carbons (Fsp3) is 0.